The summed E-state index contributed by atoms with van der Waals surface area (Å²) >= 11 is 0. The van der Waals surface area contributed by atoms with E-state index in [1.807, 2.05) is 37.1 Å². The zero-order valence-electron chi connectivity index (χ0n) is 22.0. The van der Waals surface area contributed by atoms with Crippen LogP contribution < -0.4 is 0 Å². The van der Waals surface area contributed by atoms with Crippen molar-refractivity contribution in [3.63, 3.8) is 0 Å². The molecule has 6 heteroatoms. The van der Waals surface area contributed by atoms with E-state index in [-0.39, 0.29) is 41.1 Å². The zero-order chi connectivity index (χ0) is 25.6. The summed E-state index contributed by atoms with van der Waals surface area (Å²) in [5, 5.41) is 1.64. The summed E-state index contributed by atoms with van der Waals surface area (Å²) < 4.78 is 30.5. The average Bonchev–Trinajstić information content (AvgIpc) is 2.88. The number of unbranched alkanes of at least 4 members (excludes halogenated alkanes) is 16. The van der Waals surface area contributed by atoms with E-state index in [1.165, 1.54) is 89.9 Å². The van der Waals surface area contributed by atoms with Gasteiger partial charge in [0, 0.05) is 5.39 Å². The number of fused-ring (bicyclic) bond motifs is 1. The molecule has 0 saturated carbocycles. The molecule has 0 unspecified atom stereocenters. The van der Waals surface area contributed by atoms with Crippen LogP contribution in [0.4, 0.5) is 0 Å². The first-order valence-electron chi connectivity index (χ1n) is 13.8. The van der Waals surface area contributed by atoms with Crippen molar-refractivity contribution in [2.24, 2.45) is 0 Å². The van der Waals surface area contributed by atoms with Crippen LogP contribution in [-0.4, -0.2) is 51.4 Å². The molecule has 2 aromatic carbocycles. The zero-order valence-corrected chi connectivity index (χ0v) is 22.8. The fourth-order valence-corrected chi connectivity index (χ4v) is 5.64. The molecular weight excluding hydrogens is 479 g/mol. The Bertz CT molecular complexity index is 880. The summed E-state index contributed by atoms with van der Waals surface area (Å²) in [4.78, 5) is 8.27. The summed E-state index contributed by atoms with van der Waals surface area (Å²) in [6.07, 6.45) is 22.3. The topological polar surface area (TPSA) is 60.4 Å². The van der Waals surface area contributed by atoms with Crippen LogP contribution in [0.3, 0.4) is 0 Å². The molecule has 0 spiro atoms. The van der Waals surface area contributed by atoms with Gasteiger partial charge in [0.1, 0.15) is 11.7 Å². The maximum absolute atomic E-state index is 12.6. The van der Waals surface area contributed by atoms with Gasteiger partial charge in [0.15, 0.2) is 0 Å². The van der Waals surface area contributed by atoms with E-state index in [9.17, 15) is 8.42 Å². The molecule has 4 nitrogen and oxygen atoms in total. The quantitative estimate of drug-likeness (QED) is 0.0984. The molecule has 0 atom stereocenters. The molecule has 0 radical (unpaired) electrons. The van der Waals surface area contributed by atoms with Gasteiger partial charge in [0.25, 0.3) is 10.1 Å². The Labute approximate surface area is 243 Å². The molecule has 0 bridgehead atoms. The van der Waals surface area contributed by atoms with E-state index >= 15 is 0 Å². The molecular formula is C30H49NaO4S. The summed E-state index contributed by atoms with van der Waals surface area (Å²) in [6, 6.07) is 12.9. The van der Waals surface area contributed by atoms with Gasteiger partial charge in [0.05, 0.1) is 6.61 Å². The van der Waals surface area contributed by atoms with Crippen LogP contribution in [0.25, 0.3) is 10.8 Å². The van der Waals surface area contributed by atoms with Gasteiger partial charge in [-0.25, -0.2) is 0 Å². The minimum absolute atomic E-state index is 0. The van der Waals surface area contributed by atoms with E-state index in [4.69, 9.17) is 8.98 Å². The molecule has 0 aromatic heterocycles. The molecule has 0 aliphatic heterocycles. The Morgan fingerprint density at radius 2 is 1.03 bits per heavy atom. The van der Waals surface area contributed by atoms with Gasteiger partial charge in [-0.3, -0.25) is 4.18 Å². The monoisotopic (exact) mass is 528 g/mol. The van der Waals surface area contributed by atoms with Crippen molar-refractivity contribution in [2.45, 2.75) is 121 Å². The molecule has 36 heavy (non-hydrogen) atoms. The molecule has 200 valence electrons. The molecule has 0 heterocycles. The van der Waals surface area contributed by atoms with E-state index in [0.717, 1.165) is 30.0 Å². The first kappa shape index (κ1) is 35.3. The summed E-state index contributed by atoms with van der Waals surface area (Å²) in [5.41, 5.74) is 0. The normalized spacial score (nSPS) is 11.0. The predicted octanol–water partition coefficient (Wildman–Crippen LogP) is 8.36. The second kappa shape index (κ2) is 23.4. The van der Waals surface area contributed by atoms with Crippen LogP contribution in [-0.2, 0) is 19.1 Å². The Hall–Kier alpha value is -0.720. The van der Waals surface area contributed by atoms with Crippen molar-refractivity contribution >= 4 is 57.2 Å². The van der Waals surface area contributed by atoms with Gasteiger partial charge in [-0.1, -0.05) is 146 Å². The Balaban J connectivity index is 0.00000398. The van der Waals surface area contributed by atoms with Crippen molar-refractivity contribution < 1.29 is 17.4 Å². The first-order valence-corrected chi connectivity index (χ1v) is 15.2. The van der Waals surface area contributed by atoms with Crippen LogP contribution in [0.1, 0.15) is 116 Å². The van der Waals surface area contributed by atoms with Gasteiger partial charge in [-0.2, -0.15) is 8.42 Å². The SMILES string of the molecule is C=O.CCCCCCCCCCCCCCCCCCCOS(=O)(=O)c1cccc2ccccc12.[NaH]. The molecule has 0 aliphatic rings. The van der Waals surface area contributed by atoms with E-state index < -0.39 is 10.1 Å². The maximum atomic E-state index is 12.6. The Kier molecular flexibility index (Phi) is 22.9. The van der Waals surface area contributed by atoms with Gasteiger partial charge in [-0.05, 0) is 17.9 Å². The standard InChI is InChI=1S/C29H46O3S.CH2O.Na.H/c1-2-3-4-5-6-7-8-9-10-11-12-13-14-15-16-17-20-26-32-33(30,31)29-25-21-23-27-22-18-19-24-28(27)29;1-2;;/h18-19,21-25H,2-17,20,26H2,1H3;1H2;;. The van der Waals surface area contributed by atoms with E-state index in [1.54, 1.807) is 12.1 Å². The molecule has 0 aliphatic carbocycles. The molecule has 0 N–H and O–H groups in total. The second-order valence-corrected chi connectivity index (χ2v) is 11.0. The van der Waals surface area contributed by atoms with E-state index in [2.05, 4.69) is 6.92 Å². The fourth-order valence-electron chi connectivity index (χ4n) is 4.47. The number of benzene rings is 2. The summed E-state index contributed by atoms with van der Waals surface area (Å²) in [7, 11) is -3.71. The van der Waals surface area contributed by atoms with Crippen molar-refractivity contribution in [3.8, 4) is 0 Å². The summed E-state index contributed by atoms with van der Waals surface area (Å²) in [6.45, 7) is 4.54. The number of hydrogen-bond donors (Lipinski definition) is 0. The molecule has 0 saturated heterocycles. The number of carbonyl (C=O) groups excluding carboxylic acids is 1. The van der Waals surface area contributed by atoms with Crippen molar-refractivity contribution in [1.29, 1.82) is 0 Å². The molecule has 0 fully saturated rings. The first-order chi connectivity index (χ1) is 17.1. The number of hydrogen-bond acceptors (Lipinski definition) is 4. The van der Waals surface area contributed by atoms with Crippen LogP contribution in [0.5, 0.6) is 0 Å². The van der Waals surface area contributed by atoms with Gasteiger partial charge in [-0.15, -0.1) is 0 Å². The fraction of sp³-hybridized carbons (Fsp3) is 0.633. The van der Waals surface area contributed by atoms with Crippen LogP contribution in [0.2, 0.25) is 0 Å². The average molecular weight is 529 g/mol. The van der Waals surface area contributed by atoms with Gasteiger partial charge in [0.2, 0.25) is 0 Å². The van der Waals surface area contributed by atoms with Crippen molar-refractivity contribution in [2.75, 3.05) is 6.61 Å². The summed E-state index contributed by atoms with van der Waals surface area (Å²) in [5.74, 6) is 0. The van der Waals surface area contributed by atoms with Gasteiger partial charge < -0.3 is 4.79 Å². The number of carbonyl (C=O) groups is 1. The molecule has 2 aromatic rings. The molecule has 2 rings (SSSR count). The van der Waals surface area contributed by atoms with E-state index in [0.29, 0.717) is 0 Å². The Morgan fingerprint density at radius 1 is 0.611 bits per heavy atom. The third kappa shape index (κ3) is 15.5. The third-order valence-corrected chi connectivity index (χ3v) is 7.88. The second-order valence-electron chi connectivity index (χ2n) is 9.41. The minimum atomic E-state index is -3.71. The Morgan fingerprint density at radius 3 is 1.53 bits per heavy atom. The molecule has 0 amide bonds. The van der Waals surface area contributed by atoms with Gasteiger partial charge >= 0.3 is 29.6 Å². The predicted molar refractivity (Wildman–Crippen MR) is 156 cm³/mol. The van der Waals surface area contributed by atoms with Crippen LogP contribution >= 0.6 is 0 Å². The van der Waals surface area contributed by atoms with Crippen molar-refractivity contribution in [3.05, 3.63) is 42.5 Å². The number of rotatable bonds is 20. The van der Waals surface area contributed by atoms with Crippen LogP contribution in [0.15, 0.2) is 47.4 Å². The van der Waals surface area contributed by atoms with Crippen molar-refractivity contribution in [1.82, 2.24) is 0 Å². The third-order valence-electron chi connectivity index (χ3n) is 6.51. The van der Waals surface area contributed by atoms with Crippen LogP contribution in [0, 0.1) is 0 Å².